The molecule has 220 valence electrons. The molecule has 0 radical (unpaired) electrons. The van der Waals surface area contributed by atoms with Crippen LogP contribution in [0.4, 0.5) is 16.3 Å². The van der Waals surface area contributed by atoms with Crippen LogP contribution in [0.5, 0.6) is 5.88 Å². The maximum atomic E-state index is 13.0. The average Bonchev–Trinajstić information content (AvgIpc) is 3.92. The summed E-state index contributed by atoms with van der Waals surface area (Å²) in [6.07, 6.45) is 9.64. The van der Waals surface area contributed by atoms with Crippen molar-refractivity contribution in [3.63, 3.8) is 0 Å². The molecule has 0 bridgehead atoms. The van der Waals surface area contributed by atoms with Gasteiger partial charge >= 0.3 is 6.03 Å². The maximum absolute atomic E-state index is 13.0. The van der Waals surface area contributed by atoms with E-state index in [2.05, 4.69) is 25.3 Å². The summed E-state index contributed by atoms with van der Waals surface area (Å²) in [5, 5.41) is 12.1. The molecule has 4 amide bonds. The standard InChI is InChI=1S/C29H29N9O5/c1-16-4-5-30-26(33-16)20-9-21(20)28(41)35-23-10-24(32-15-31-23)43-14-19-12-36-11-18(17-2-3-17)8-22(27(36)34-19)38-13-25(40)37(6-7-39)29(38)42/h4-5,8,10-12,15,17,20-21,39H,2-3,6-7,9,13-14H2,1H3,(H,31,32,35,41)/t20-,21-/m0/s1. The molecule has 0 unspecified atom stereocenters. The number of rotatable bonds is 10. The summed E-state index contributed by atoms with van der Waals surface area (Å²) >= 11 is 0. The molecule has 4 aromatic heterocycles. The van der Waals surface area contributed by atoms with Crippen molar-refractivity contribution in [1.29, 1.82) is 0 Å². The Morgan fingerprint density at radius 2 is 2.00 bits per heavy atom. The number of aryl methyl sites for hydroxylation is 1. The highest BCUT2D eigenvalue weighted by molar-refractivity contribution is 6.13. The van der Waals surface area contributed by atoms with Gasteiger partial charge in [0.05, 0.1) is 24.5 Å². The first kappa shape index (κ1) is 26.9. The van der Waals surface area contributed by atoms with Crippen LogP contribution in [-0.4, -0.2) is 76.9 Å². The van der Waals surface area contributed by atoms with Crippen LogP contribution in [0.2, 0.25) is 0 Å². The molecular formula is C29H29N9O5. The number of aliphatic hydroxyl groups is 1. The van der Waals surface area contributed by atoms with Gasteiger partial charge < -0.3 is 19.6 Å². The van der Waals surface area contributed by atoms with E-state index in [0.717, 1.165) is 29.0 Å². The third-order valence-electron chi connectivity index (χ3n) is 7.86. The molecule has 43 heavy (non-hydrogen) atoms. The molecule has 3 aliphatic rings. The zero-order chi connectivity index (χ0) is 29.7. The quantitative estimate of drug-likeness (QED) is 0.264. The topological polar surface area (TPSA) is 168 Å². The largest absolute Gasteiger partial charge is 0.471 e. The van der Waals surface area contributed by atoms with Crippen molar-refractivity contribution in [3.8, 4) is 5.88 Å². The number of urea groups is 1. The van der Waals surface area contributed by atoms with Crippen LogP contribution >= 0.6 is 0 Å². The number of carbonyl (C=O) groups is 3. The van der Waals surface area contributed by atoms with Gasteiger partial charge in [-0.3, -0.25) is 19.4 Å². The van der Waals surface area contributed by atoms with Crippen molar-refractivity contribution in [2.45, 2.75) is 44.6 Å². The van der Waals surface area contributed by atoms with Gasteiger partial charge in [0.1, 0.15) is 31.1 Å². The second kappa shape index (κ2) is 10.7. The zero-order valence-corrected chi connectivity index (χ0v) is 23.4. The molecule has 4 aromatic rings. The van der Waals surface area contributed by atoms with E-state index in [0.29, 0.717) is 41.0 Å². The van der Waals surface area contributed by atoms with Crippen LogP contribution in [0.15, 0.2) is 43.1 Å². The zero-order valence-electron chi connectivity index (χ0n) is 23.4. The Hall–Kier alpha value is -4.98. The Balaban J connectivity index is 1.05. The number of aliphatic hydroxyl groups excluding tert-OH is 1. The summed E-state index contributed by atoms with van der Waals surface area (Å²) in [6, 6.07) is 4.82. The van der Waals surface area contributed by atoms with E-state index in [9.17, 15) is 19.5 Å². The number of imidazole rings is 1. The molecule has 1 saturated heterocycles. The fraction of sp³-hybridized carbons (Fsp3) is 0.379. The van der Waals surface area contributed by atoms with Crippen molar-refractivity contribution in [3.05, 3.63) is 65.9 Å². The van der Waals surface area contributed by atoms with E-state index < -0.39 is 6.03 Å². The minimum Gasteiger partial charge on any atom is -0.471 e. The summed E-state index contributed by atoms with van der Waals surface area (Å²) in [7, 11) is 0. The first-order valence-corrected chi connectivity index (χ1v) is 14.2. The van der Waals surface area contributed by atoms with Crippen LogP contribution in [0.25, 0.3) is 5.65 Å². The van der Waals surface area contributed by atoms with Crippen molar-refractivity contribution in [1.82, 2.24) is 34.2 Å². The van der Waals surface area contributed by atoms with Gasteiger partial charge in [-0.15, -0.1) is 0 Å². The maximum Gasteiger partial charge on any atom is 0.331 e. The van der Waals surface area contributed by atoms with E-state index in [1.165, 1.54) is 11.2 Å². The predicted octanol–water partition coefficient (Wildman–Crippen LogP) is 2.18. The molecule has 2 saturated carbocycles. The first-order chi connectivity index (χ1) is 20.9. The highest BCUT2D eigenvalue weighted by Crippen LogP contribution is 2.46. The molecule has 7 rings (SSSR count). The Morgan fingerprint density at radius 3 is 2.79 bits per heavy atom. The second-order valence-corrected chi connectivity index (χ2v) is 11.1. The van der Waals surface area contributed by atoms with E-state index >= 15 is 0 Å². The number of hydrogen-bond acceptors (Lipinski definition) is 10. The normalized spacial score (nSPS) is 19.8. The Bertz CT molecular complexity index is 1750. The Kier molecular flexibility index (Phi) is 6.69. The van der Waals surface area contributed by atoms with Gasteiger partial charge in [0.2, 0.25) is 11.8 Å². The fourth-order valence-corrected chi connectivity index (χ4v) is 5.38. The third kappa shape index (κ3) is 5.36. The molecule has 0 aromatic carbocycles. The Morgan fingerprint density at radius 1 is 1.14 bits per heavy atom. The smallest absolute Gasteiger partial charge is 0.331 e. The van der Waals surface area contributed by atoms with Gasteiger partial charge in [-0.2, -0.15) is 0 Å². The lowest BCUT2D eigenvalue weighted by molar-refractivity contribution is -0.125. The van der Waals surface area contributed by atoms with Gasteiger partial charge in [0.25, 0.3) is 5.91 Å². The van der Waals surface area contributed by atoms with Crippen molar-refractivity contribution >= 4 is 35.0 Å². The molecule has 14 heteroatoms. The van der Waals surface area contributed by atoms with E-state index in [4.69, 9.17) is 9.72 Å². The van der Waals surface area contributed by atoms with Crippen LogP contribution in [0.1, 0.15) is 53.9 Å². The number of hydrogen-bond donors (Lipinski definition) is 2. The second-order valence-electron chi connectivity index (χ2n) is 11.1. The molecule has 0 spiro atoms. The number of carbonyl (C=O) groups excluding carboxylic acids is 3. The molecule has 5 heterocycles. The predicted molar refractivity (Wildman–Crippen MR) is 151 cm³/mol. The highest BCUT2D eigenvalue weighted by Gasteiger charge is 2.46. The van der Waals surface area contributed by atoms with E-state index in [1.807, 2.05) is 35.9 Å². The fourth-order valence-electron chi connectivity index (χ4n) is 5.38. The van der Waals surface area contributed by atoms with Crippen LogP contribution in [0.3, 0.4) is 0 Å². The average molecular weight is 584 g/mol. The van der Waals surface area contributed by atoms with Crippen LogP contribution in [-0.2, 0) is 16.2 Å². The number of anilines is 2. The lowest BCUT2D eigenvalue weighted by Gasteiger charge is -2.18. The molecule has 2 N–H and O–H groups in total. The van der Waals surface area contributed by atoms with E-state index in [-0.39, 0.29) is 55.8 Å². The third-order valence-corrected chi connectivity index (χ3v) is 7.86. The molecule has 2 aliphatic carbocycles. The molecule has 2 atom stereocenters. The van der Waals surface area contributed by atoms with Gasteiger partial charge in [-0.25, -0.2) is 29.7 Å². The monoisotopic (exact) mass is 583 g/mol. The molecule has 14 nitrogen and oxygen atoms in total. The number of fused-ring (bicyclic) bond motifs is 1. The van der Waals surface area contributed by atoms with Gasteiger partial charge in [0, 0.05) is 42.2 Å². The van der Waals surface area contributed by atoms with Gasteiger partial charge in [-0.05, 0) is 49.8 Å². The highest BCUT2D eigenvalue weighted by atomic mass is 16.5. The lowest BCUT2D eigenvalue weighted by atomic mass is 10.1. The summed E-state index contributed by atoms with van der Waals surface area (Å²) in [6.45, 7) is 1.50. The number of amides is 4. The molecule has 3 fully saturated rings. The molecular weight excluding hydrogens is 554 g/mol. The minimum absolute atomic E-state index is 0.00967. The van der Waals surface area contributed by atoms with Crippen molar-refractivity contribution in [2.75, 3.05) is 29.9 Å². The summed E-state index contributed by atoms with van der Waals surface area (Å²) in [4.78, 5) is 62.5. The number of nitrogens with zero attached hydrogens (tertiary/aromatic N) is 8. The van der Waals surface area contributed by atoms with Gasteiger partial charge in [0.15, 0.2) is 5.65 Å². The first-order valence-electron chi connectivity index (χ1n) is 14.2. The van der Waals surface area contributed by atoms with Crippen molar-refractivity contribution in [2.24, 2.45) is 5.92 Å². The minimum atomic E-state index is -0.478. The summed E-state index contributed by atoms with van der Waals surface area (Å²) < 4.78 is 7.75. The number of imide groups is 1. The lowest BCUT2D eigenvalue weighted by Crippen LogP contribution is -2.35. The molecule has 1 aliphatic heterocycles. The van der Waals surface area contributed by atoms with Crippen LogP contribution in [0, 0.1) is 12.8 Å². The van der Waals surface area contributed by atoms with E-state index in [1.54, 1.807) is 12.3 Å². The number of aromatic nitrogens is 6. The summed E-state index contributed by atoms with van der Waals surface area (Å²) in [5.41, 5.74) is 3.57. The Labute approximate surface area is 245 Å². The SMILES string of the molecule is Cc1ccnc([C@H]2C[C@@H]2C(=O)Nc2cc(OCc3cn4cc(C5CC5)cc(N5CC(=O)N(CCO)C5=O)c4n3)ncn2)n1. The van der Waals surface area contributed by atoms with Gasteiger partial charge in [-0.1, -0.05) is 0 Å². The number of pyridine rings is 1. The van der Waals surface area contributed by atoms with Crippen molar-refractivity contribution < 1.29 is 24.2 Å². The van der Waals surface area contributed by atoms with Crippen LogP contribution < -0.4 is 15.0 Å². The summed E-state index contributed by atoms with van der Waals surface area (Å²) in [5.74, 6) is 0.902. The number of ether oxygens (including phenoxy) is 1. The number of nitrogens with one attached hydrogen (secondary N) is 1. The number of β-amino-alcohol motifs (C(OH)–C–C–N with tert-alkyl or cyclic N) is 1.